The second-order valence-electron chi connectivity index (χ2n) is 7.46. The van der Waals surface area contributed by atoms with Gasteiger partial charge in [0.25, 0.3) is 0 Å². The lowest BCUT2D eigenvalue weighted by Gasteiger charge is -2.40. The third-order valence-corrected chi connectivity index (χ3v) is 5.45. The Morgan fingerprint density at radius 2 is 1.56 bits per heavy atom. The van der Waals surface area contributed by atoms with Gasteiger partial charge >= 0.3 is 0 Å². The molecule has 0 saturated carbocycles. The summed E-state index contributed by atoms with van der Waals surface area (Å²) in [6, 6.07) is 5.73. The molecule has 2 aromatic carbocycles. The van der Waals surface area contributed by atoms with Crippen molar-refractivity contribution in [1.82, 2.24) is 0 Å². The number of aliphatic hydroxyl groups is 4. The first-order chi connectivity index (χ1) is 15.1. The Morgan fingerprint density at radius 1 is 0.844 bits per heavy atom. The lowest BCUT2D eigenvalue weighted by molar-refractivity contribution is -0.232. The normalized spacial score (nSPS) is 25.8. The van der Waals surface area contributed by atoms with Gasteiger partial charge in [-0.05, 0) is 18.2 Å². The molecule has 0 unspecified atom stereocenters. The van der Waals surface area contributed by atoms with Crippen LogP contribution in [0.15, 0.2) is 39.5 Å². The summed E-state index contributed by atoms with van der Waals surface area (Å²) in [5.41, 5.74) is -1.17. The van der Waals surface area contributed by atoms with Gasteiger partial charge in [-0.15, -0.1) is 0 Å². The van der Waals surface area contributed by atoms with Crippen LogP contribution in [0.3, 0.4) is 0 Å². The second kappa shape index (κ2) is 7.97. The molecule has 5 atom stereocenters. The molecule has 0 radical (unpaired) electrons. The molecule has 8 N–H and O–H groups in total. The van der Waals surface area contributed by atoms with Crippen LogP contribution < -0.4 is 5.43 Å². The average Bonchev–Trinajstić information content (AvgIpc) is 2.74. The molecule has 0 spiro atoms. The monoisotopic (exact) mass is 448 g/mol. The zero-order valence-electron chi connectivity index (χ0n) is 16.3. The maximum Gasteiger partial charge on any atom is 0.197 e. The van der Waals surface area contributed by atoms with Crippen LogP contribution in [0.4, 0.5) is 0 Å². The fraction of sp³-hybridized carbons (Fsp3) is 0.286. The van der Waals surface area contributed by atoms with Gasteiger partial charge < -0.3 is 50.0 Å². The molecular formula is C21H20O11. The summed E-state index contributed by atoms with van der Waals surface area (Å²) in [5.74, 6) is -2.28. The Kier molecular flexibility index (Phi) is 5.44. The van der Waals surface area contributed by atoms with Gasteiger partial charge in [0, 0.05) is 17.7 Å². The standard InChI is InChI=1S/C21H20O11/c22-6-14-17(27)19(29)20(30)21(32-14)16-11(26)5-13-15(18(16)28)10(25)4-12(31-13)7-1-2-8(23)9(24)3-7/h1-5,14,17,19-24,26-30H,6H2/t14-,17+,19-,20+,21+/m0/s1. The summed E-state index contributed by atoms with van der Waals surface area (Å²) < 4.78 is 11.0. The van der Waals surface area contributed by atoms with Gasteiger partial charge in [0.15, 0.2) is 16.9 Å². The molecule has 1 aromatic heterocycles. The molecule has 3 aromatic rings. The van der Waals surface area contributed by atoms with E-state index < -0.39 is 65.4 Å². The number of rotatable bonds is 3. The van der Waals surface area contributed by atoms with Crippen LogP contribution >= 0.6 is 0 Å². The Balaban J connectivity index is 1.86. The fourth-order valence-electron chi connectivity index (χ4n) is 3.74. The quantitative estimate of drug-likeness (QED) is 0.247. The number of aliphatic hydroxyl groups excluding tert-OH is 4. The molecule has 1 aliphatic heterocycles. The van der Waals surface area contributed by atoms with Crippen molar-refractivity contribution in [2.24, 2.45) is 0 Å². The van der Waals surface area contributed by atoms with E-state index in [2.05, 4.69) is 0 Å². The molecule has 4 rings (SSSR count). The third-order valence-electron chi connectivity index (χ3n) is 5.45. The highest BCUT2D eigenvalue weighted by atomic mass is 16.5. The van der Waals surface area contributed by atoms with Crippen molar-refractivity contribution < 1.29 is 50.0 Å². The predicted octanol–water partition coefficient (Wildman–Crippen LogP) is -0.203. The minimum atomic E-state index is -1.80. The highest BCUT2D eigenvalue weighted by Gasteiger charge is 2.46. The summed E-state index contributed by atoms with van der Waals surface area (Å²) in [5, 5.41) is 79.6. The van der Waals surface area contributed by atoms with E-state index in [0.717, 1.165) is 18.2 Å². The van der Waals surface area contributed by atoms with Crippen LogP contribution in [0, 0.1) is 0 Å². The number of benzene rings is 2. The van der Waals surface area contributed by atoms with Crippen molar-refractivity contribution in [1.29, 1.82) is 0 Å². The molecule has 170 valence electrons. The lowest BCUT2D eigenvalue weighted by Crippen LogP contribution is -2.55. The highest BCUT2D eigenvalue weighted by molar-refractivity contribution is 5.88. The molecular weight excluding hydrogens is 428 g/mol. The van der Waals surface area contributed by atoms with Gasteiger partial charge in [0.1, 0.15) is 58.7 Å². The minimum Gasteiger partial charge on any atom is -0.507 e. The van der Waals surface area contributed by atoms with Crippen LogP contribution in [-0.2, 0) is 4.74 Å². The summed E-state index contributed by atoms with van der Waals surface area (Å²) in [7, 11) is 0. The van der Waals surface area contributed by atoms with Crippen molar-refractivity contribution in [2.75, 3.05) is 6.61 Å². The third kappa shape index (κ3) is 3.42. The van der Waals surface area contributed by atoms with Crippen LogP contribution in [0.25, 0.3) is 22.3 Å². The van der Waals surface area contributed by atoms with E-state index in [9.17, 15) is 45.6 Å². The molecule has 0 amide bonds. The first-order valence-electron chi connectivity index (χ1n) is 9.49. The van der Waals surface area contributed by atoms with E-state index in [0.29, 0.717) is 0 Å². The zero-order valence-corrected chi connectivity index (χ0v) is 16.3. The highest BCUT2D eigenvalue weighted by Crippen LogP contribution is 2.44. The first kappa shape index (κ1) is 21.9. The molecule has 2 heterocycles. The van der Waals surface area contributed by atoms with Crippen LogP contribution in [0.2, 0.25) is 0 Å². The summed E-state index contributed by atoms with van der Waals surface area (Å²) in [6.07, 6.45) is -8.09. The van der Waals surface area contributed by atoms with E-state index in [1.165, 1.54) is 12.1 Å². The number of phenols is 4. The SMILES string of the molecule is O=c1cc(-c2ccc(O)c(O)c2)oc2cc(O)c([C@H]3O[C@@H](CO)[C@@H](O)[C@H](O)[C@H]3O)c(O)c12. The van der Waals surface area contributed by atoms with Gasteiger partial charge in [0.2, 0.25) is 0 Å². The van der Waals surface area contributed by atoms with E-state index in [1.54, 1.807) is 0 Å². The maximum atomic E-state index is 12.8. The molecule has 0 bridgehead atoms. The Hall–Kier alpha value is -3.35. The topological polar surface area (TPSA) is 201 Å². The van der Waals surface area contributed by atoms with E-state index in [-0.39, 0.29) is 28.0 Å². The van der Waals surface area contributed by atoms with E-state index >= 15 is 0 Å². The molecule has 32 heavy (non-hydrogen) atoms. The smallest absolute Gasteiger partial charge is 0.197 e. The summed E-state index contributed by atoms with van der Waals surface area (Å²) in [6.45, 7) is -0.721. The Labute approximate surface area is 179 Å². The lowest BCUT2D eigenvalue weighted by atomic mass is 9.89. The van der Waals surface area contributed by atoms with Crippen molar-refractivity contribution in [2.45, 2.75) is 30.5 Å². The van der Waals surface area contributed by atoms with Crippen LogP contribution in [0.1, 0.15) is 11.7 Å². The van der Waals surface area contributed by atoms with Gasteiger partial charge in [0.05, 0.1) is 12.2 Å². The summed E-state index contributed by atoms with van der Waals surface area (Å²) >= 11 is 0. The molecule has 1 aliphatic rings. The largest absolute Gasteiger partial charge is 0.507 e. The number of hydrogen-bond donors (Lipinski definition) is 8. The fourth-order valence-corrected chi connectivity index (χ4v) is 3.74. The second-order valence-corrected chi connectivity index (χ2v) is 7.46. The van der Waals surface area contributed by atoms with Crippen LogP contribution in [0.5, 0.6) is 23.0 Å². The van der Waals surface area contributed by atoms with E-state index in [4.69, 9.17) is 9.15 Å². The van der Waals surface area contributed by atoms with Crippen molar-refractivity contribution in [3.8, 4) is 34.3 Å². The average molecular weight is 448 g/mol. The number of hydrogen-bond acceptors (Lipinski definition) is 11. The number of ether oxygens (including phenoxy) is 1. The predicted molar refractivity (Wildman–Crippen MR) is 107 cm³/mol. The van der Waals surface area contributed by atoms with Gasteiger partial charge in [-0.1, -0.05) is 0 Å². The molecule has 11 heteroatoms. The molecule has 1 saturated heterocycles. The molecule has 0 aliphatic carbocycles. The van der Waals surface area contributed by atoms with Crippen molar-refractivity contribution >= 4 is 11.0 Å². The maximum absolute atomic E-state index is 12.8. The number of fused-ring (bicyclic) bond motifs is 1. The van der Waals surface area contributed by atoms with Gasteiger partial charge in [-0.3, -0.25) is 4.79 Å². The zero-order chi connectivity index (χ0) is 23.3. The Morgan fingerprint density at radius 3 is 2.22 bits per heavy atom. The number of phenolic OH excluding ortho intramolecular Hbond substituents is 4. The molecule has 11 nitrogen and oxygen atoms in total. The summed E-state index contributed by atoms with van der Waals surface area (Å²) in [4.78, 5) is 12.8. The van der Waals surface area contributed by atoms with E-state index in [1.807, 2.05) is 0 Å². The Bertz CT molecular complexity index is 1230. The van der Waals surface area contributed by atoms with Gasteiger partial charge in [-0.25, -0.2) is 0 Å². The molecule has 1 fully saturated rings. The number of aromatic hydroxyl groups is 4. The van der Waals surface area contributed by atoms with Crippen LogP contribution in [-0.4, -0.2) is 71.9 Å². The first-order valence-corrected chi connectivity index (χ1v) is 9.49. The van der Waals surface area contributed by atoms with Gasteiger partial charge in [-0.2, -0.15) is 0 Å². The van der Waals surface area contributed by atoms with Crippen molar-refractivity contribution in [3.63, 3.8) is 0 Å². The van der Waals surface area contributed by atoms with Crippen molar-refractivity contribution in [3.05, 3.63) is 46.1 Å². The minimum absolute atomic E-state index is 0.0304.